The molecule has 27 heavy (non-hydrogen) atoms. The summed E-state index contributed by atoms with van der Waals surface area (Å²) in [6, 6.07) is -2.18. The molecule has 0 saturated carbocycles. The van der Waals surface area contributed by atoms with E-state index >= 15 is 0 Å². The van der Waals surface area contributed by atoms with E-state index in [4.69, 9.17) is 10.8 Å². The largest absolute Gasteiger partial charge is 0.480 e. The van der Waals surface area contributed by atoms with Gasteiger partial charge in [-0.2, -0.15) is 11.8 Å². The zero-order valence-electron chi connectivity index (χ0n) is 16.1. The number of nitrogens with zero attached hydrogens (tertiary/aromatic N) is 1. The van der Waals surface area contributed by atoms with Crippen LogP contribution in [-0.4, -0.2) is 76.9 Å². The first-order valence-corrected chi connectivity index (χ1v) is 10.4. The molecule has 0 aromatic rings. The molecule has 1 rings (SSSR count). The Hall–Kier alpha value is -1.81. The fourth-order valence-electron chi connectivity index (χ4n) is 2.84. The van der Waals surface area contributed by atoms with Crippen molar-refractivity contribution in [2.75, 3.05) is 25.1 Å². The van der Waals surface area contributed by atoms with Gasteiger partial charge in [-0.05, 0) is 37.2 Å². The van der Waals surface area contributed by atoms with Crippen LogP contribution in [-0.2, 0) is 19.2 Å². The smallest absolute Gasteiger partial charge is 0.322 e. The molecule has 3 atom stereocenters. The molecule has 1 fully saturated rings. The van der Waals surface area contributed by atoms with Crippen molar-refractivity contribution >= 4 is 35.5 Å². The lowest BCUT2D eigenvalue weighted by molar-refractivity contribution is -0.141. The van der Waals surface area contributed by atoms with Gasteiger partial charge in [0.05, 0.1) is 6.04 Å². The van der Waals surface area contributed by atoms with E-state index in [1.54, 1.807) is 0 Å². The third-order valence-electron chi connectivity index (χ3n) is 4.50. The fraction of sp³-hybridized carbons (Fsp3) is 0.765. The highest BCUT2D eigenvalue weighted by molar-refractivity contribution is 7.98. The molecule has 10 heteroatoms. The normalized spacial score (nSPS) is 18.9. The molecule has 0 aliphatic carbocycles. The van der Waals surface area contributed by atoms with E-state index < -0.39 is 42.5 Å². The molecule has 3 unspecified atom stereocenters. The van der Waals surface area contributed by atoms with Crippen LogP contribution in [0.2, 0.25) is 0 Å². The molecule has 9 nitrogen and oxygen atoms in total. The molecule has 5 N–H and O–H groups in total. The Morgan fingerprint density at radius 1 is 1.30 bits per heavy atom. The number of carboxylic acid groups (broad SMARTS) is 1. The first-order chi connectivity index (χ1) is 12.7. The van der Waals surface area contributed by atoms with E-state index in [-0.39, 0.29) is 11.8 Å². The lowest BCUT2D eigenvalue weighted by Gasteiger charge is -2.29. The van der Waals surface area contributed by atoms with Crippen molar-refractivity contribution in [1.29, 1.82) is 0 Å². The minimum Gasteiger partial charge on any atom is -0.480 e. The Balaban J connectivity index is 2.78. The molecule has 0 spiro atoms. The number of amides is 3. The molecule has 1 aliphatic heterocycles. The van der Waals surface area contributed by atoms with Crippen molar-refractivity contribution in [1.82, 2.24) is 15.5 Å². The summed E-state index contributed by atoms with van der Waals surface area (Å²) in [4.78, 5) is 49.6. The summed E-state index contributed by atoms with van der Waals surface area (Å²) in [7, 11) is 0. The van der Waals surface area contributed by atoms with Gasteiger partial charge in [0.2, 0.25) is 17.7 Å². The van der Waals surface area contributed by atoms with Gasteiger partial charge in [-0.1, -0.05) is 13.8 Å². The highest BCUT2D eigenvalue weighted by Crippen LogP contribution is 2.20. The highest BCUT2D eigenvalue weighted by Gasteiger charge is 2.38. The van der Waals surface area contributed by atoms with Crippen molar-refractivity contribution in [2.24, 2.45) is 11.7 Å². The van der Waals surface area contributed by atoms with Crippen LogP contribution >= 0.6 is 11.8 Å². The summed E-state index contributed by atoms with van der Waals surface area (Å²) in [6.45, 7) is 3.64. The van der Waals surface area contributed by atoms with Crippen molar-refractivity contribution in [3.05, 3.63) is 0 Å². The maximum Gasteiger partial charge on any atom is 0.322 e. The van der Waals surface area contributed by atoms with Crippen LogP contribution in [0.1, 0.15) is 33.1 Å². The van der Waals surface area contributed by atoms with Crippen LogP contribution < -0.4 is 16.4 Å². The van der Waals surface area contributed by atoms with E-state index in [9.17, 15) is 19.2 Å². The molecule has 0 bridgehead atoms. The number of carboxylic acids is 1. The van der Waals surface area contributed by atoms with E-state index in [1.165, 1.54) is 16.7 Å². The number of aliphatic carboxylic acids is 1. The van der Waals surface area contributed by atoms with Crippen molar-refractivity contribution in [3.8, 4) is 0 Å². The topological polar surface area (TPSA) is 142 Å². The Kier molecular flexibility index (Phi) is 9.57. The molecule has 0 aromatic carbocycles. The Morgan fingerprint density at radius 2 is 1.96 bits per heavy atom. The van der Waals surface area contributed by atoms with Crippen LogP contribution in [0.25, 0.3) is 0 Å². The lowest BCUT2D eigenvalue weighted by Crippen LogP contribution is -2.56. The predicted octanol–water partition coefficient (Wildman–Crippen LogP) is -0.601. The molecule has 0 aromatic heterocycles. The maximum absolute atomic E-state index is 12.7. The summed E-state index contributed by atoms with van der Waals surface area (Å²) in [5.41, 5.74) is 5.94. The van der Waals surface area contributed by atoms with Crippen LogP contribution in [0.5, 0.6) is 0 Å². The van der Waals surface area contributed by atoms with Gasteiger partial charge in [-0.25, -0.2) is 0 Å². The SMILES string of the molecule is CSCCC(NC(=O)C1CCCN1C(=O)C(N)C(C)C)C(=O)NCC(=O)O. The zero-order valence-corrected chi connectivity index (χ0v) is 16.9. The van der Waals surface area contributed by atoms with E-state index in [2.05, 4.69) is 10.6 Å². The van der Waals surface area contributed by atoms with Crippen LogP contribution in [0, 0.1) is 5.92 Å². The third kappa shape index (κ3) is 7.02. The first kappa shape index (κ1) is 23.2. The number of hydrogen-bond acceptors (Lipinski definition) is 6. The minimum absolute atomic E-state index is 0.0436. The average molecular weight is 403 g/mol. The molecule has 3 amide bonds. The standard InChI is InChI=1S/C17H30N4O5S/c1-10(2)14(18)17(26)21-7-4-5-12(21)16(25)20-11(6-8-27-3)15(24)19-9-13(22)23/h10-12,14H,4-9,18H2,1-3H3,(H,19,24)(H,20,25)(H,22,23). The molecule has 0 radical (unpaired) electrons. The van der Waals surface area contributed by atoms with Crippen LogP contribution in [0.15, 0.2) is 0 Å². The second-order valence-corrected chi connectivity index (χ2v) is 7.90. The average Bonchev–Trinajstić information content (AvgIpc) is 3.11. The summed E-state index contributed by atoms with van der Waals surface area (Å²) in [5, 5.41) is 13.7. The van der Waals surface area contributed by atoms with Gasteiger partial charge in [0, 0.05) is 6.54 Å². The quantitative estimate of drug-likeness (QED) is 0.382. The van der Waals surface area contributed by atoms with Gasteiger partial charge in [-0.15, -0.1) is 0 Å². The molecular formula is C17H30N4O5S. The van der Waals surface area contributed by atoms with Crippen molar-refractivity contribution in [2.45, 2.75) is 51.2 Å². The number of nitrogens with one attached hydrogen (secondary N) is 2. The van der Waals surface area contributed by atoms with Gasteiger partial charge in [0.25, 0.3) is 0 Å². The van der Waals surface area contributed by atoms with Gasteiger partial charge < -0.3 is 26.4 Å². The second kappa shape index (κ2) is 11.1. The van der Waals surface area contributed by atoms with Crippen LogP contribution in [0.4, 0.5) is 0 Å². The summed E-state index contributed by atoms with van der Waals surface area (Å²) < 4.78 is 0. The van der Waals surface area contributed by atoms with Crippen LogP contribution in [0.3, 0.4) is 0 Å². The lowest BCUT2D eigenvalue weighted by atomic mass is 10.0. The van der Waals surface area contributed by atoms with Gasteiger partial charge in [-0.3, -0.25) is 19.2 Å². The number of likely N-dealkylation sites (tertiary alicyclic amines) is 1. The third-order valence-corrected chi connectivity index (χ3v) is 5.14. The molecule has 154 valence electrons. The van der Waals surface area contributed by atoms with E-state index in [0.29, 0.717) is 31.6 Å². The Morgan fingerprint density at radius 3 is 2.52 bits per heavy atom. The number of rotatable bonds is 10. The Bertz CT molecular complexity index is 557. The van der Waals surface area contributed by atoms with E-state index in [0.717, 1.165) is 0 Å². The molecule has 1 aliphatic rings. The predicted molar refractivity (Wildman–Crippen MR) is 103 cm³/mol. The van der Waals surface area contributed by atoms with Gasteiger partial charge in [0.1, 0.15) is 18.6 Å². The summed E-state index contributed by atoms with van der Waals surface area (Å²) >= 11 is 1.51. The second-order valence-electron chi connectivity index (χ2n) is 6.91. The van der Waals surface area contributed by atoms with Gasteiger partial charge >= 0.3 is 5.97 Å². The number of hydrogen-bond donors (Lipinski definition) is 4. The zero-order chi connectivity index (χ0) is 20.6. The van der Waals surface area contributed by atoms with Gasteiger partial charge in [0.15, 0.2) is 0 Å². The minimum atomic E-state index is -1.16. The fourth-order valence-corrected chi connectivity index (χ4v) is 3.31. The van der Waals surface area contributed by atoms with Crippen molar-refractivity contribution in [3.63, 3.8) is 0 Å². The number of carbonyl (C=O) groups is 4. The summed E-state index contributed by atoms with van der Waals surface area (Å²) in [5.74, 6) is -1.80. The number of thioether (sulfide) groups is 1. The van der Waals surface area contributed by atoms with Crippen molar-refractivity contribution < 1.29 is 24.3 Å². The highest BCUT2D eigenvalue weighted by atomic mass is 32.2. The Labute approximate surface area is 163 Å². The maximum atomic E-state index is 12.7. The monoisotopic (exact) mass is 402 g/mol. The number of nitrogens with two attached hydrogens (primary N) is 1. The molecule has 1 heterocycles. The number of carbonyl (C=O) groups excluding carboxylic acids is 3. The molecular weight excluding hydrogens is 372 g/mol. The molecule has 1 saturated heterocycles. The summed E-state index contributed by atoms with van der Waals surface area (Å²) in [6.07, 6.45) is 3.44. The van der Waals surface area contributed by atoms with E-state index in [1.807, 2.05) is 20.1 Å². The first-order valence-electron chi connectivity index (χ1n) is 9.03.